The second kappa shape index (κ2) is 10.6. The third-order valence-electron chi connectivity index (χ3n) is 8.19. The molecular formula is C28H33FN6O4S. The number of halogens is 1. The number of aromatic hydroxyl groups is 1. The first-order valence-corrected chi connectivity index (χ1v) is 14.2. The number of nitrogens with zero attached hydrogens (tertiary/aromatic N) is 6. The van der Waals surface area contributed by atoms with Crippen molar-refractivity contribution in [2.75, 3.05) is 32.7 Å². The van der Waals surface area contributed by atoms with Gasteiger partial charge in [0.05, 0.1) is 5.56 Å². The number of pyridine rings is 1. The van der Waals surface area contributed by atoms with E-state index in [0.717, 1.165) is 18.4 Å². The van der Waals surface area contributed by atoms with Crippen molar-refractivity contribution in [3.8, 4) is 16.3 Å². The highest BCUT2D eigenvalue weighted by Crippen LogP contribution is 2.43. The zero-order chi connectivity index (χ0) is 28.8. The smallest absolute Gasteiger partial charge is 0.278 e. The van der Waals surface area contributed by atoms with E-state index in [1.54, 1.807) is 46.9 Å². The Kier molecular flexibility index (Phi) is 7.38. The zero-order valence-corrected chi connectivity index (χ0v) is 23.9. The molecule has 10 nitrogen and oxygen atoms in total. The summed E-state index contributed by atoms with van der Waals surface area (Å²) in [6.45, 7) is 2.29. The fraction of sp³-hybridized carbons (Fsp3) is 0.464. The van der Waals surface area contributed by atoms with Crippen LogP contribution in [0.3, 0.4) is 0 Å². The molecule has 1 fully saturated rings. The Morgan fingerprint density at radius 3 is 2.48 bits per heavy atom. The predicted octanol–water partition coefficient (Wildman–Crippen LogP) is 3.21. The molecule has 1 aliphatic heterocycles. The molecule has 3 aromatic rings. The fourth-order valence-corrected chi connectivity index (χ4v) is 6.77. The summed E-state index contributed by atoms with van der Waals surface area (Å²) in [5, 5.41) is 22.3. The minimum atomic E-state index is -0.685. The van der Waals surface area contributed by atoms with Crippen LogP contribution in [-0.4, -0.2) is 74.9 Å². The van der Waals surface area contributed by atoms with Crippen LogP contribution in [0.2, 0.25) is 0 Å². The van der Waals surface area contributed by atoms with Gasteiger partial charge in [-0.05, 0) is 56.2 Å². The number of benzene rings is 1. The van der Waals surface area contributed by atoms with Crippen LogP contribution in [0.1, 0.15) is 60.1 Å². The van der Waals surface area contributed by atoms with Gasteiger partial charge in [-0.3, -0.25) is 24.1 Å². The molecule has 2 aromatic heterocycles. The van der Waals surface area contributed by atoms with Gasteiger partial charge in [-0.15, -0.1) is 10.2 Å². The minimum absolute atomic E-state index is 0.0790. The summed E-state index contributed by atoms with van der Waals surface area (Å²) >= 11 is 1.21. The van der Waals surface area contributed by atoms with Gasteiger partial charge < -0.3 is 14.9 Å². The molecule has 0 radical (unpaired) electrons. The number of hydrogen-bond acceptors (Lipinski definition) is 8. The molecule has 0 unspecified atom stereocenters. The van der Waals surface area contributed by atoms with Crippen LogP contribution in [0.15, 0.2) is 35.3 Å². The molecule has 0 saturated heterocycles. The molecule has 12 heteroatoms. The molecule has 1 saturated carbocycles. The molecular weight excluding hydrogens is 535 g/mol. The van der Waals surface area contributed by atoms with Crippen molar-refractivity contribution in [3.05, 3.63) is 62.8 Å². The van der Waals surface area contributed by atoms with Crippen molar-refractivity contribution in [3.63, 3.8) is 0 Å². The molecule has 1 aliphatic carbocycles. The van der Waals surface area contributed by atoms with Gasteiger partial charge in [0.15, 0.2) is 16.5 Å². The van der Waals surface area contributed by atoms with E-state index in [-0.39, 0.29) is 28.9 Å². The van der Waals surface area contributed by atoms with Crippen molar-refractivity contribution < 1.29 is 19.1 Å². The molecule has 1 aromatic carbocycles. The van der Waals surface area contributed by atoms with Crippen LogP contribution in [0.25, 0.3) is 10.6 Å². The first-order chi connectivity index (χ1) is 19.1. The highest BCUT2D eigenvalue weighted by molar-refractivity contribution is 7.14. The third kappa shape index (κ3) is 4.74. The van der Waals surface area contributed by atoms with Gasteiger partial charge in [-0.2, -0.15) is 0 Å². The van der Waals surface area contributed by atoms with Crippen LogP contribution in [0, 0.1) is 11.7 Å². The van der Waals surface area contributed by atoms with E-state index in [9.17, 15) is 23.9 Å². The fourth-order valence-electron chi connectivity index (χ4n) is 5.89. The van der Waals surface area contributed by atoms with E-state index >= 15 is 0 Å². The van der Waals surface area contributed by atoms with Gasteiger partial charge in [0, 0.05) is 46.7 Å². The van der Waals surface area contributed by atoms with E-state index < -0.39 is 22.7 Å². The first-order valence-electron chi connectivity index (χ1n) is 13.4. The Morgan fingerprint density at radius 2 is 1.85 bits per heavy atom. The van der Waals surface area contributed by atoms with Gasteiger partial charge in [-0.25, -0.2) is 4.39 Å². The van der Waals surface area contributed by atoms with Crippen LogP contribution < -0.4 is 10.4 Å². The van der Waals surface area contributed by atoms with E-state index in [1.165, 1.54) is 23.5 Å². The van der Waals surface area contributed by atoms with Crippen molar-refractivity contribution >= 4 is 23.2 Å². The Morgan fingerprint density at radius 1 is 1.18 bits per heavy atom. The number of fused-ring (bicyclic) bond motifs is 1. The zero-order valence-electron chi connectivity index (χ0n) is 23.1. The Labute approximate surface area is 235 Å². The Bertz CT molecular complexity index is 1490. The standard InChI is InChI=1S/C28H33FN6O4S/c1-5-34-27(39)23-25(38)24(37)20(26-31-30-21(40-26)14-17-6-8-19(29)9-7-17)16-35(23)33(4)28(34)12-10-18(11-13-28)15-22(36)32(2)3/h6-9,16,18,38H,5,10-15H2,1-4H3. The van der Waals surface area contributed by atoms with E-state index in [4.69, 9.17) is 0 Å². The van der Waals surface area contributed by atoms with Gasteiger partial charge in [0.25, 0.3) is 5.91 Å². The summed E-state index contributed by atoms with van der Waals surface area (Å²) < 4.78 is 14.9. The molecule has 5 rings (SSSR count). The lowest BCUT2D eigenvalue weighted by atomic mass is 9.78. The van der Waals surface area contributed by atoms with Crippen molar-refractivity contribution in [1.29, 1.82) is 0 Å². The number of amides is 2. The maximum absolute atomic E-state index is 13.7. The Balaban J connectivity index is 1.48. The number of rotatable bonds is 6. The lowest BCUT2D eigenvalue weighted by Crippen LogP contribution is -2.70. The quantitative estimate of drug-likeness (QED) is 0.486. The highest BCUT2D eigenvalue weighted by Gasteiger charge is 2.51. The second-order valence-corrected chi connectivity index (χ2v) is 11.8. The maximum atomic E-state index is 13.7. The van der Waals surface area contributed by atoms with E-state index in [0.29, 0.717) is 42.2 Å². The van der Waals surface area contributed by atoms with E-state index in [1.807, 2.05) is 19.0 Å². The van der Waals surface area contributed by atoms with Crippen LogP contribution in [-0.2, 0) is 11.2 Å². The average molecular weight is 569 g/mol. The summed E-state index contributed by atoms with van der Waals surface area (Å²) in [6, 6.07) is 6.09. The lowest BCUT2D eigenvalue weighted by molar-refractivity contribution is -0.130. The number of hydrogen-bond donors (Lipinski definition) is 1. The molecule has 0 atom stereocenters. The number of carbonyl (C=O) groups excluding carboxylic acids is 2. The highest BCUT2D eigenvalue weighted by atomic mass is 32.1. The monoisotopic (exact) mass is 568 g/mol. The normalized spacial score (nSPS) is 20.6. The Hall–Kier alpha value is -3.80. The summed E-state index contributed by atoms with van der Waals surface area (Å²) in [4.78, 5) is 42.6. The summed E-state index contributed by atoms with van der Waals surface area (Å²) in [6.07, 6.45) is 5.29. The molecule has 1 N–H and O–H groups in total. The third-order valence-corrected chi connectivity index (χ3v) is 9.15. The molecule has 3 heterocycles. The first kappa shape index (κ1) is 27.8. The van der Waals surface area contributed by atoms with Crippen molar-refractivity contribution in [2.24, 2.45) is 5.92 Å². The van der Waals surface area contributed by atoms with E-state index in [2.05, 4.69) is 10.2 Å². The van der Waals surface area contributed by atoms with Crippen LogP contribution in [0.4, 0.5) is 4.39 Å². The van der Waals surface area contributed by atoms with Crippen LogP contribution in [0.5, 0.6) is 5.75 Å². The molecule has 212 valence electrons. The topological polar surface area (TPSA) is 112 Å². The maximum Gasteiger partial charge on any atom is 0.278 e. The molecule has 1 spiro atoms. The number of carbonyl (C=O) groups is 2. The van der Waals surface area contributed by atoms with Gasteiger partial charge >= 0.3 is 0 Å². The molecule has 2 aliphatic rings. The van der Waals surface area contributed by atoms with Crippen LogP contribution >= 0.6 is 11.3 Å². The predicted molar refractivity (Wildman–Crippen MR) is 149 cm³/mol. The summed E-state index contributed by atoms with van der Waals surface area (Å²) in [5.41, 5.74) is -0.428. The summed E-state index contributed by atoms with van der Waals surface area (Å²) in [5.74, 6) is -1.03. The molecule has 2 amide bonds. The largest absolute Gasteiger partial charge is 0.502 e. The van der Waals surface area contributed by atoms with Gasteiger partial charge in [-0.1, -0.05) is 23.5 Å². The molecule has 40 heavy (non-hydrogen) atoms. The lowest BCUT2D eigenvalue weighted by Gasteiger charge is -2.56. The molecule has 0 bridgehead atoms. The van der Waals surface area contributed by atoms with Crippen molar-refractivity contribution in [2.45, 2.75) is 51.1 Å². The second-order valence-electron chi connectivity index (χ2n) is 10.7. The average Bonchev–Trinajstić information content (AvgIpc) is 3.39. The minimum Gasteiger partial charge on any atom is -0.502 e. The number of aromatic nitrogens is 3. The summed E-state index contributed by atoms with van der Waals surface area (Å²) in [7, 11) is 5.37. The SMILES string of the molecule is CCN1C(=O)c2c(O)c(=O)c(-c3nnc(Cc4ccc(F)cc4)s3)cn2N(C)C12CCC(CC(=O)N(C)C)CC2. The van der Waals surface area contributed by atoms with Crippen molar-refractivity contribution in [1.82, 2.24) is 24.7 Å². The van der Waals surface area contributed by atoms with Gasteiger partial charge in [0.1, 0.15) is 16.5 Å². The van der Waals surface area contributed by atoms with Gasteiger partial charge in [0.2, 0.25) is 11.3 Å².